The van der Waals surface area contributed by atoms with Crippen LogP contribution >= 0.6 is 0 Å². The van der Waals surface area contributed by atoms with Crippen molar-refractivity contribution in [2.45, 2.75) is 271 Å². The number of esters is 3. The van der Waals surface area contributed by atoms with E-state index in [0.717, 1.165) is 116 Å². The molecule has 0 aliphatic carbocycles. The maximum atomic E-state index is 12.8. The third kappa shape index (κ3) is 53.4. The molecule has 0 radical (unpaired) electrons. The minimum atomic E-state index is -0.788. The monoisotopic (exact) mass is 933 g/mol. The van der Waals surface area contributed by atoms with Gasteiger partial charge >= 0.3 is 17.9 Å². The number of ether oxygens (including phenoxy) is 3. The van der Waals surface area contributed by atoms with Gasteiger partial charge in [-0.1, -0.05) is 234 Å². The van der Waals surface area contributed by atoms with Gasteiger partial charge < -0.3 is 14.2 Å². The highest BCUT2D eigenvalue weighted by Gasteiger charge is 2.19. The molecule has 0 rings (SSSR count). The van der Waals surface area contributed by atoms with E-state index in [-0.39, 0.29) is 31.1 Å². The van der Waals surface area contributed by atoms with Crippen molar-refractivity contribution in [3.05, 3.63) is 85.1 Å². The molecule has 384 valence electrons. The second-order valence-electron chi connectivity index (χ2n) is 18.5. The van der Waals surface area contributed by atoms with Crippen molar-refractivity contribution < 1.29 is 28.6 Å². The molecule has 0 N–H and O–H groups in total. The van der Waals surface area contributed by atoms with Crippen LogP contribution in [-0.2, 0) is 28.6 Å². The average Bonchev–Trinajstić information content (AvgIpc) is 3.33. The smallest absolute Gasteiger partial charge is 0.306 e. The van der Waals surface area contributed by atoms with E-state index in [2.05, 4.69) is 106 Å². The number of allylic oxidation sites excluding steroid dienone is 14. The predicted octanol–water partition coefficient (Wildman–Crippen LogP) is 18.8. The third-order valence-corrected chi connectivity index (χ3v) is 11.9. The van der Waals surface area contributed by atoms with E-state index in [0.29, 0.717) is 19.3 Å². The molecule has 0 aromatic heterocycles. The highest BCUT2D eigenvalue weighted by atomic mass is 16.6. The van der Waals surface area contributed by atoms with Crippen molar-refractivity contribution in [2.24, 2.45) is 0 Å². The van der Waals surface area contributed by atoms with E-state index >= 15 is 0 Å². The summed E-state index contributed by atoms with van der Waals surface area (Å²) in [6, 6.07) is 0. The minimum Gasteiger partial charge on any atom is -0.462 e. The summed E-state index contributed by atoms with van der Waals surface area (Å²) in [7, 11) is 0. The van der Waals surface area contributed by atoms with Gasteiger partial charge in [0.15, 0.2) is 6.10 Å². The molecule has 1 unspecified atom stereocenters. The van der Waals surface area contributed by atoms with Crippen molar-refractivity contribution >= 4 is 17.9 Å². The standard InChI is InChI=1S/C61H104O6/c1-4-7-10-13-16-19-21-23-25-27-29-30-32-33-35-37-39-42-45-48-51-54-60(63)66-57-58(56-65-59(62)53-50-47-44-41-18-15-12-9-6-3)67-61(64)55-52-49-46-43-40-38-36-34-31-28-26-24-22-20-17-14-11-8-5-2/h8,11,17,20-21,23-24,26-27,29,31-34,58H,4-7,9-10,12-16,18-19,22,25,28,30,35-57H2,1-3H3/b11-8-,20-17-,23-21-,26-24-,29-27-,33-32-,34-31-. The van der Waals surface area contributed by atoms with E-state index in [1.165, 1.54) is 109 Å². The zero-order valence-corrected chi connectivity index (χ0v) is 43.9. The Morgan fingerprint density at radius 1 is 0.313 bits per heavy atom. The predicted molar refractivity (Wildman–Crippen MR) is 288 cm³/mol. The highest BCUT2D eigenvalue weighted by Crippen LogP contribution is 2.14. The molecule has 0 bridgehead atoms. The molecule has 1 atom stereocenters. The summed E-state index contributed by atoms with van der Waals surface area (Å²) >= 11 is 0. The number of hydrogen-bond donors (Lipinski definition) is 0. The lowest BCUT2D eigenvalue weighted by Crippen LogP contribution is -2.30. The van der Waals surface area contributed by atoms with Crippen LogP contribution in [0.2, 0.25) is 0 Å². The van der Waals surface area contributed by atoms with E-state index in [1.807, 2.05) is 0 Å². The van der Waals surface area contributed by atoms with Crippen LogP contribution in [0.5, 0.6) is 0 Å². The lowest BCUT2D eigenvalue weighted by molar-refractivity contribution is -0.167. The van der Waals surface area contributed by atoms with Crippen molar-refractivity contribution in [3.8, 4) is 0 Å². The first-order chi connectivity index (χ1) is 33.0. The van der Waals surface area contributed by atoms with Crippen LogP contribution in [0.3, 0.4) is 0 Å². The Bertz CT molecular complexity index is 1300. The average molecular weight is 933 g/mol. The van der Waals surface area contributed by atoms with Crippen LogP contribution in [0.25, 0.3) is 0 Å². The Morgan fingerprint density at radius 3 is 0.910 bits per heavy atom. The molecule has 0 aliphatic heterocycles. The fourth-order valence-electron chi connectivity index (χ4n) is 7.68. The molecule has 0 saturated carbocycles. The van der Waals surface area contributed by atoms with E-state index < -0.39 is 6.10 Å². The largest absolute Gasteiger partial charge is 0.462 e. The van der Waals surface area contributed by atoms with Gasteiger partial charge in [0.2, 0.25) is 0 Å². The van der Waals surface area contributed by atoms with E-state index in [4.69, 9.17) is 14.2 Å². The molecule has 0 fully saturated rings. The Morgan fingerprint density at radius 2 is 0.582 bits per heavy atom. The van der Waals surface area contributed by atoms with Crippen molar-refractivity contribution in [3.63, 3.8) is 0 Å². The summed E-state index contributed by atoms with van der Waals surface area (Å²) in [4.78, 5) is 38.0. The van der Waals surface area contributed by atoms with Gasteiger partial charge in [0.05, 0.1) is 0 Å². The number of hydrogen-bond acceptors (Lipinski definition) is 6. The maximum Gasteiger partial charge on any atom is 0.306 e. The third-order valence-electron chi connectivity index (χ3n) is 11.9. The molecule has 0 amide bonds. The summed E-state index contributed by atoms with van der Waals surface area (Å²) in [6.07, 6.45) is 71.4. The first-order valence-corrected chi connectivity index (χ1v) is 28.1. The van der Waals surface area contributed by atoms with E-state index in [9.17, 15) is 14.4 Å². The first kappa shape index (κ1) is 63.6. The number of rotatable bonds is 50. The van der Waals surface area contributed by atoms with Gasteiger partial charge in [-0.3, -0.25) is 14.4 Å². The van der Waals surface area contributed by atoms with Crippen LogP contribution < -0.4 is 0 Å². The molecule has 0 heterocycles. The molecule has 6 nitrogen and oxygen atoms in total. The molecule has 0 aromatic rings. The molecular weight excluding hydrogens is 829 g/mol. The Kier molecular flexibility index (Phi) is 52.4. The lowest BCUT2D eigenvalue weighted by Gasteiger charge is -2.18. The second-order valence-corrected chi connectivity index (χ2v) is 18.5. The summed E-state index contributed by atoms with van der Waals surface area (Å²) in [5, 5.41) is 0. The van der Waals surface area contributed by atoms with Gasteiger partial charge in [0.25, 0.3) is 0 Å². The quantitative estimate of drug-likeness (QED) is 0.0262. The van der Waals surface area contributed by atoms with Crippen molar-refractivity contribution in [2.75, 3.05) is 13.2 Å². The van der Waals surface area contributed by atoms with Crippen LogP contribution in [0.1, 0.15) is 265 Å². The van der Waals surface area contributed by atoms with Gasteiger partial charge in [-0.25, -0.2) is 0 Å². The van der Waals surface area contributed by atoms with Gasteiger partial charge in [-0.05, 0) is 96.3 Å². The molecule has 0 spiro atoms. The Balaban J connectivity index is 4.35. The fourth-order valence-corrected chi connectivity index (χ4v) is 7.68. The maximum absolute atomic E-state index is 12.8. The number of carbonyl (C=O) groups excluding carboxylic acids is 3. The first-order valence-electron chi connectivity index (χ1n) is 28.1. The number of carbonyl (C=O) groups is 3. The van der Waals surface area contributed by atoms with Gasteiger partial charge in [-0.15, -0.1) is 0 Å². The Labute approximate surface area is 414 Å². The Hall–Kier alpha value is -3.41. The van der Waals surface area contributed by atoms with Crippen LogP contribution in [0.15, 0.2) is 85.1 Å². The van der Waals surface area contributed by atoms with Crippen molar-refractivity contribution in [1.82, 2.24) is 0 Å². The zero-order chi connectivity index (χ0) is 48.6. The lowest BCUT2D eigenvalue weighted by atomic mass is 10.1. The summed E-state index contributed by atoms with van der Waals surface area (Å²) < 4.78 is 16.8. The van der Waals surface area contributed by atoms with Crippen LogP contribution in [0.4, 0.5) is 0 Å². The molecule has 0 aromatic carbocycles. The second kappa shape index (κ2) is 55.2. The zero-order valence-electron chi connectivity index (χ0n) is 43.9. The van der Waals surface area contributed by atoms with Gasteiger partial charge in [0.1, 0.15) is 13.2 Å². The highest BCUT2D eigenvalue weighted by molar-refractivity contribution is 5.71. The molecule has 67 heavy (non-hydrogen) atoms. The molecule has 0 saturated heterocycles. The van der Waals surface area contributed by atoms with E-state index in [1.54, 1.807) is 0 Å². The van der Waals surface area contributed by atoms with Crippen molar-refractivity contribution in [1.29, 1.82) is 0 Å². The van der Waals surface area contributed by atoms with Crippen LogP contribution in [0, 0.1) is 0 Å². The topological polar surface area (TPSA) is 78.9 Å². The fraction of sp³-hybridized carbons (Fsp3) is 0.721. The number of unbranched alkanes of at least 4 members (excludes halogenated alkanes) is 25. The minimum absolute atomic E-state index is 0.0859. The molecule has 0 aliphatic rings. The normalized spacial score (nSPS) is 12.7. The van der Waals surface area contributed by atoms with Gasteiger partial charge in [0, 0.05) is 19.3 Å². The molecule has 6 heteroatoms. The summed E-state index contributed by atoms with van der Waals surface area (Å²) in [6.45, 7) is 6.48. The van der Waals surface area contributed by atoms with Gasteiger partial charge in [-0.2, -0.15) is 0 Å². The SMILES string of the molecule is CC/C=C\C/C=C\C/C=C\C/C=C\CCCCCCCCC(=O)OC(COC(=O)CCCCCCCC/C=C\C/C=C\C/C=C\CCCCCCC)COC(=O)CCCCCCCCCCC. The summed E-state index contributed by atoms with van der Waals surface area (Å²) in [5.74, 6) is -0.912. The summed E-state index contributed by atoms with van der Waals surface area (Å²) in [5.41, 5.74) is 0. The van der Waals surface area contributed by atoms with Crippen LogP contribution in [-0.4, -0.2) is 37.2 Å². The molecular formula is C61H104O6.